The summed E-state index contributed by atoms with van der Waals surface area (Å²) in [5, 5.41) is 11.9. The summed E-state index contributed by atoms with van der Waals surface area (Å²) >= 11 is 0. The number of hydrogen-bond acceptors (Lipinski definition) is 4. The second kappa shape index (κ2) is 6.53. The molecule has 1 aliphatic rings. The van der Waals surface area contributed by atoms with Crippen LogP contribution in [0.3, 0.4) is 0 Å². The smallest absolute Gasteiger partial charge is 0.245 e. The average molecular weight is 267 g/mol. The molecule has 2 atom stereocenters. The van der Waals surface area contributed by atoms with Gasteiger partial charge in [0.1, 0.15) is 11.5 Å². The van der Waals surface area contributed by atoms with Gasteiger partial charge in [-0.15, -0.1) is 0 Å². The van der Waals surface area contributed by atoms with Crippen LogP contribution >= 0.6 is 0 Å². The van der Waals surface area contributed by atoms with Gasteiger partial charge in [-0.05, 0) is 20.3 Å². The van der Waals surface area contributed by atoms with Crippen LogP contribution in [0.5, 0.6) is 0 Å². The van der Waals surface area contributed by atoms with Gasteiger partial charge in [-0.2, -0.15) is 5.26 Å². The normalized spacial score (nSPS) is 22.2. The molecule has 0 saturated carbocycles. The lowest BCUT2D eigenvalue weighted by Gasteiger charge is -2.37. The van der Waals surface area contributed by atoms with Crippen molar-refractivity contribution in [2.24, 2.45) is 5.41 Å². The number of carbonyl (C=O) groups is 2. The summed E-state index contributed by atoms with van der Waals surface area (Å²) in [7, 11) is 0. The van der Waals surface area contributed by atoms with Crippen molar-refractivity contribution in [3.8, 4) is 6.07 Å². The molecular weight excluding hydrogens is 246 g/mol. The maximum Gasteiger partial charge on any atom is 0.245 e. The van der Waals surface area contributed by atoms with E-state index in [-0.39, 0.29) is 18.4 Å². The molecule has 1 N–H and O–H groups in total. The molecule has 0 aliphatic carbocycles. The highest BCUT2D eigenvalue weighted by Crippen LogP contribution is 2.25. The number of morpholine rings is 1. The quantitative estimate of drug-likeness (QED) is 0.793. The molecule has 0 bridgehead atoms. The van der Waals surface area contributed by atoms with Crippen molar-refractivity contribution >= 4 is 11.8 Å². The molecule has 106 valence electrons. The zero-order chi connectivity index (χ0) is 14.5. The number of nitriles is 1. The van der Waals surface area contributed by atoms with Gasteiger partial charge in [0.05, 0.1) is 19.3 Å². The van der Waals surface area contributed by atoms with E-state index in [1.54, 1.807) is 13.8 Å². The van der Waals surface area contributed by atoms with E-state index in [1.807, 2.05) is 6.92 Å². The summed E-state index contributed by atoms with van der Waals surface area (Å²) in [6, 6.07) is 1.41. The molecule has 2 unspecified atom stereocenters. The molecule has 0 aromatic heterocycles. The lowest BCUT2D eigenvalue weighted by atomic mass is 9.87. The fourth-order valence-corrected chi connectivity index (χ4v) is 1.95. The minimum Gasteiger partial charge on any atom is -0.377 e. The molecule has 0 aromatic rings. The van der Waals surface area contributed by atoms with Crippen molar-refractivity contribution < 1.29 is 14.3 Å². The Bertz CT molecular complexity index is 391. The second-order valence-corrected chi connectivity index (χ2v) is 4.78. The molecular formula is C13H21N3O3. The minimum atomic E-state index is -1.08. The molecule has 1 saturated heterocycles. The van der Waals surface area contributed by atoms with Crippen molar-refractivity contribution in [2.75, 3.05) is 26.3 Å². The Morgan fingerprint density at radius 1 is 1.53 bits per heavy atom. The first-order chi connectivity index (χ1) is 9.00. The first-order valence-electron chi connectivity index (χ1n) is 6.58. The standard InChI is InChI=1S/C13H21N3O3/c1-4-13(3,9-14)12(18)16-6-7-19-8-10(16)11(17)15-5-2/h10H,4-8H2,1-3H3,(H,15,17). The van der Waals surface area contributed by atoms with E-state index < -0.39 is 11.5 Å². The van der Waals surface area contributed by atoms with Crippen LogP contribution in [0.25, 0.3) is 0 Å². The number of amides is 2. The number of nitrogens with zero attached hydrogens (tertiary/aromatic N) is 2. The Hall–Kier alpha value is -1.61. The number of carbonyl (C=O) groups excluding carboxylic acids is 2. The van der Waals surface area contributed by atoms with E-state index in [4.69, 9.17) is 4.74 Å². The van der Waals surface area contributed by atoms with Crippen LogP contribution in [-0.4, -0.2) is 49.1 Å². The molecule has 0 spiro atoms. The maximum absolute atomic E-state index is 12.5. The Balaban J connectivity index is 2.91. The summed E-state index contributed by atoms with van der Waals surface area (Å²) in [4.78, 5) is 25.9. The van der Waals surface area contributed by atoms with Gasteiger partial charge in [-0.3, -0.25) is 9.59 Å². The van der Waals surface area contributed by atoms with Gasteiger partial charge in [0, 0.05) is 13.1 Å². The molecule has 2 amide bonds. The van der Waals surface area contributed by atoms with Crippen molar-refractivity contribution in [3.05, 3.63) is 0 Å². The predicted molar refractivity (Wildman–Crippen MR) is 69.0 cm³/mol. The molecule has 6 nitrogen and oxygen atoms in total. The van der Waals surface area contributed by atoms with Gasteiger partial charge in [0.25, 0.3) is 0 Å². The van der Waals surface area contributed by atoms with Gasteiger partial charge in [0.15, 0.2) is 0 Å². The zero-order valence-corrected chi connectivity index (χ0v) is 11.7. The molecule has 1 rings (SSSR count). The third-order valence-corrected chi connectivity index (χ3v) is 3.47. The molecule has 19 heavy (non-hydrogen) atoms. The Labute approximate surface area is 113 Å². The molecule has 1 heterocycles. The highest BCUT2D eigenvalue weighted by atomic mass is 16.5. The second-order valence-electron chi connectivity index (χ2n) is 4.78. The predicted octanol–water partition coefficient (Wildman–Crippen LogP) is 0.290. The summed E-state index contributed by atoms with van der Waals surface area (Å²) < 4.78 is 5.27. The van der Waals surface area contributed by atoms with Crippen LogP contribution in [0.4, 0.5) is 0 Å². The molecule has 6 heteroatoms. The summed E-state index contributed by atoms with van der Waals surface area (Å²) in [5.41, 5.74) is -1.08. The van der Waals surface area contributed by atoms with Crippen molar-refractivity contribution in [1.29, 1.82) is 5.26 Å². The van der Waals surface area contributed by atoms with E-state index in [0.717, 1.165) is 0 Å². The summed E-state index contributed by atoms with van der Waals surface area (Å²) in [5.74, 6) is -0.524. The first kappa shape index (κ1) is 15.4. The third kappa shape index (κ3) is 3.24. The van der Waals surface area contributed by atoms with Gasteiger partial charge in [0.2, 0.25) is 11.8 Å². The Morgan fingerprint density at radius 3 is 2.74 bits per heavy atom. The van der Waals surface area contributed by atoms with Crippen LogP contribution in [-0.2, 0) is 14.3 Å². The summed E-state index contributed by atoms with van der Waals surface area (Å²) in [6.07, 6.45) is 0.418. The fraction of sp³-hybridized carbons (Fsp3) is 0.769. The fourth-order valence-electron chi connectivity index (χ4n) is 1.95. The van der Waals surface area contributed by atoms with E-state index in [2.05, 4.69) is 11.4 Å². The molecule has 1 fully saturated rings. The lowest BCUT2D eigenvalue weighted by molar-refractivity contribution is -0.153. The van der Waals surface area contributed by atoms with Crippen molar-refractivity contribution in [1.82, 2.24) is 10.2 Å². The van der Waals surface area contributed by atoms with Gasteiger partial charge >= 0.3 is 0 Å². The first-order valence-corrected chi connectivity index (χ1v) is 6.58. The number of ether oxygens (including phenoxy) is 1. The van der Waals surface area contributed by atoms with E-state index >= 15 is 0 Å². The van der Waals surface area contributed by atoms with E-state index in [9.17, 15) is 14.9 Å². The SMILES string of the molecule is CCNC(=O)C1COCCN1C(=O)C(C)(C#N)CC. The van der Waals surface area contributed by atoms with Gasteiger partial charge in [-0.1, -0.05) is 6.92 Å². The van der Waals surface area contributed by atoms with E-state index in [0.29, 0.717) is 26.1 Å². The third-order valence-electron chi connectivity index (χ3n) is 3.47. The molecule has 0 radical (unpaired) electrons. The number of likely N-dealkylation sites (N-methyl/N-ethyl adjacent to an activating group) is 1. The summed E-state index contributed by atoms with van der Waals surface area (Å²) in [6.45, 7) is 6.65. The molecule has 1 aliphatic heterocycles. The van der Waals surface area contributed by atoms with Crippen LogP contribution in [0.2, 0.25) is 0 Å². The largest absolute Gasteiger partial charge is 0.377 e. The van der Waals surface area contributed by atoms with Crippen LogP contribution in [0.1, 0.15) is 27.2 Å². The highest BCUT2D eigenvalue weighted by Gasteiger charge is 2.41. The van der Waals surface area contributed by atoms with E-state index in [1.165, 1.54) is 4.90 Å². The van der Waals surface area contributed by atoms with Crippen LogP contribution in [0, 0.1) is 16.7 Å². The van der Waals surface area contributed by atoms with Crippen LogP contribution in [0.15, 0.2) is 0 Å². The van der Waals surface area contributed by atoms with Gasteiger partial charge < -0.3 is 15.0 Å². The monoisotopic (exact) mass is 267 g/mol. The van der Waals surface area contributed by atoms with Crippen LogP contribution < -0.4 is 5.32 Å². The van der Waals surface area contributed by atoms with Crippen molar-refractivity contribution in [2.45, 2.75) is 33.2 Å². The number of hydrogen-bond donors (Lipinski definition) is 1. The average Bonchev–Trinajstić information content (AvgIpc) is 2.45. The zero-order valence-electron chi connectivity index (χ0n) is 11.7. The highest BCUT2D eigenvalue weighted by molar-refractivity contribution is 5.91. The lowest BCUT2D eigenvalue weighted by Crippen LogP contribution is -2.58. The van der Waals surface area contributed by atoms with Crippen molar-refractivity contribution in [3.63, 3.8) is 0 Å². The Kier molecular flexibility index (Phi) is 5.31. The number of rotatable bonds is 4. The Morgan fingerprint density at radius 2 is 2.21 bits per heavy atom. The van der Waals surface area contributed by atoms with Gasteiger partial charge in [-0.25, -0.2) is 0 Å². The maximum atomic E-state index is 12.5. The number of nitrogens with one attached hydrogen (secondary N) is 1. The molecule has 0 aromatic carbocycles. The minimum absolute atomic E-state index is 0.183. The topological polar surface area (TPSA) is 82.4 Å².